The molecule has 3 heteroatoms. The third kappa shape index (κ3) is 6.72. The molecule has 0 bridgehead atoms. The number of nitrogens with two attached hydrogens (primary N) is 1. The van der Waals surface area contributed by atoms with Crippen LogP contribution in [0.3, 0.4) is 0 Å². The Morgan fingerprint density at radius 1 is 1.22 bits per heavy atom. The van der Waals surface area contributed by atoms with Crippen molar-refractivity contribution in [3.63, 3.8) is 0 Å². The van der Waals surface area contributed by atoms with Gasteiger partial charge in [0.15, 0.2) is 0 Å². The summed E-state index contributed by atoms with van der Waals surface area (Å²) in [6.07, 6.45) is 6.20. The number of unbranched alkanes of at least 4 members (excludes halogenated alkanes) is 1. The Hall–Kier alpha value is -0.930. The third-order valence-electron chi connectivity index (χ3n) is 3.17. The minimum absolute atomic E-state index is 0.272. The summed E-state index contributed by atoms with van der Waals surface area (Å²) in [6, 6.07) is 5.98. The van der Waals surface area contributed by atoms with Crippen molar-refractivity contribution in [3.05, 3.63) is 30.1 Å². The standard InChI is InChI=1S/C15H26N2O/c1-15(2,13-16)9-4-6-11-18-12-8-14-7-3-5-10-17-14/h3,5,7,10H,4,6,8-9,11-13,16H2,1-2H3. The molecular weight excluding hydrogens is 224 g/mol. The average Bonchev–Trinajstić information content (AvgIpc) is 2.39. The molecule has 102 valence electrons. The number of pyridine rings is 1. The van der Waals surface area contributed by atoms with E-state index in [0.717, 1.165) is 38.3 Å². The summed E-state index contributed by atoms with van der Waals surface area (Å²) in [5, 5.41) is 0. The van der Waals surface area contributed by atoms with Crippen LogP contribution < -0.4 is 5.73 Å². The molecule has 1 aromatic rings. The molecule has 3 nitrogen and oxygen atoms in total. The summed E-state index contributed by atoms with van der Waals surface area (Å²) in [6.45, 7) is 6.79. The van der Waals surface area contributed by atoms with Gasteiger partial charge >= 0.3 is 0 Å². The van der Waals surface area contributed by atoms with Gasteiger partial charge in [0, 0.05) is 24.9 Å². The van der Waals surface area contributed by atoms with Crippen molar-refractivity contribution in [2.24, 2.45) is 11.1 Å². The van der Waals surface area contributed by atoms with Crippen molar-refractivity contribution in [2.45, 2.75) is 39.5 Å². The first-order valence-electron chi connectivity index (χ1n) is 6.82. The van der Waals surface area contributed by atoms with Crippen LogP contribution in [0.25, 0.3) is 0 Å². The van der Waals surface area contributed by atoms with Crippen LogP contribution in [-0.4, -0.2) is 24.7 Å². The first-order valence-corrected chi connectivity index (χ1v) is 6.82. The van der Waals surface area contributed by atoms with Gasteiger partial charge in [-0.3, -0.25) is 4.98 Å². The van der Waals surface area contributed by atoms with Crippen LogP contribution in [0.4, 0.5) is 0 Å². The molecule has 0 aromatic carbocycles. The highest BCUT2D eigenvalue weighted by Crippen LogP contribution is 2.20. The topological polar surface area (TPSA) is 48.1 Å². The largest absolute Gasteiger partial charge is 0.381 e. The summed E-state index contributed by atoms with van der Waals surface area (Å²) < 4.78 is 5.61. The fraction of sp³-hybridized carbons (Fsp3) is 0.667. The Kier molecular flexibility index (Phi) is 6.91. The molecule has 0 unspecified atom stereocenters. The molecule has 1 rings (SSSR count). The van der Waals surface area contributed by atoms with Gasteiger partial charge in [-0.1, -0.05) is 26.3 Å². The van der Waals surface area contributed by atoms with E-state index in [1.54, 1.807) is 0 Å². The van der Waals surface area contributed by atoms with E-state index in [1.165, 1.54) is 12.8 Å². The van der Waals surface area contributed by atoms with Crippen LogP contribution in [0.5, 0.6) is 0 Å². The third-order valence-corrected chi connectivity index (χ3v) is 3.17. The number of nitrogens with zero attached hydrogens (tertiary/aromatic N) is 1. The Bertz CT molecular complexity index is 312. The van der Waals surface area contributed by atoms with Crippen LogP contribution in [0.15, 0.2) is 24.4 Å². The Labute approximate surface area is 111 Å². The van der Waals surface area contributed by atoms with E-state index in [4.69, 9.17) is 10.5 Å². The van der Waals surface area contributed by atoms with Gasteiger partial charge in [0.05, 0.1) is 6.61 Å². The molecule has 0 atom stereocenters. The number of aromatic nitrogens is 1. The van der Waals surface area contributed by atoms with E-state index in [0.29, 0.717) is 0 Å². The van der Waals surface area contributed by atoms with E-state index in [2.05, 4.69) is 18.8 Å². The molecule has 0 fully saturated rings. The first kappa shape index (κ1) is 15.1. The highest BCUT2D eigenvalue weighted by atomic mass is 16.5. The molecule has 18 heavy (non-hydrogen) atoms. The lowest BCUT2D eigenvalue weighted by molar-refractivity contribution is 0.129. The maximum absolute atomic E-state index is 5.69. The zero-order chi connectivity index (χ0) is 13.3. The predicted molar refractivity (Wildman–Crippen MR) is 75.4 cm³/mol. The maximum atomic E-state index is 5.69. The predicted octanol–water partition coefficient (Wildman–Crippen LogP) is 2.80. The van der Waals surface area contributed by atoms with Crippen molar-refractivity contribution in [1.82, 2.24) is 4.98 Å². The van der Waals surface area contributed by atoms with Gasteiger partial charge in [-0.15, -0.1) is 0 Å². The van der Waals surface area contributed by atoms with Crippen molar-refractivity contribution >= 4 is 0 Å². The lowest BCUT2D eigenvalue weighted by Crippen LogP contribution is -2.23. The quantitative estimate of drug-likeness (QED) is 0.686. The van der Waals surface area contributed by atoms with Gasteiger partial charge < -0.3 is 10.5 Å². The number of hydrogen-bond acceptors (Lipinski definition) is 3. The molecule has 0 radical (unpaired) electrons. The van der Waals surface area contributed by atoms with Crippen molar-refractivity contribution < 1.29 is 4.74 Å². The average molecular weight is 250 g/mol. The van der Waals surface area contributed by atoms with Crippen LogP contribution in [0.1, 0.15) is 38.8 Å². The number of rotatable bonds is 9. The highest BCUT2D eigenvalue weighted by molar-refractivity contribution is 5.03. The van der Waals surface area contributed by atoms with Gasteiger partial charge in [0.2, 0.25) is 0 Å². The molecule has 0 spiro atoms. The zero-order valence-electron chi connectivity index (χ0n) is 11.7. The lowest BCUT2D eigenvalue weighted by Gasteiger charge is -2.21. The fourth-order valence-corrected chi connectivity index (χ4v) is 1.73. The Morgan fingerprint density at radius 3 is 2.72 bits per heavy atom. The Balaban J connectivity index is 1.96. The normalized spacial score (nSPS) is 11.7. The zero-order valence-corrected chi connectivity index (χ0v) is 11.7. The van der Waals surface area contributed by atoms with Crippen LogP contribution >= 0.6 is 0 Å². The summed E-state index contributed by atoms with van der Waals surface area (Å²) in [7, 11) is 0. The van der Waals surface area contributed by atoms with E-state index in [-0.39, 0.29) is 5.41 Å². The van der Waals surface area contributed by atoms with E-state index >= 15 is 0 Å². The second-order valence-corrected chi connectivity index (χ2v) is 5.51. The van der Waals surface area contributed by atoms with Gasteiger partial charge in [-0.25, -0.2) is 0 Å². The second kappa shape index (κ2) is 8.22. The SMILES string of the molecule is CC(C)(CN)CCCCOCCc1ccccn1. The van der Waals surface area contributed by atoms with Gasteiger partial charge in [-0.2, -0.15) is 0 Å². The fourth-order valence-electron chi connectivity index (χ4n) is 1.73. The van der Waals surface area contributed by atoms with Gasteiger partial charge in [0.25, 0.3) is 0 Å². The smallest absolute Gasteiger partial charge is 0.0521 e. The minimum Gasteiger partial charge on any atom is -0.381 e. The molecule has 0 saturated carbocycles. The van der Waals surface area contributed by atoms with Gasteiger partial charge in [0.1, 0.15) is 0 Å². The van der Waals surface area contributed by atoms with Crippen molar-refractivity contribution in [1.29, 1.82) is 0 Å². The molecule has 0 saturated heterocycles. The molecular formula is C15H26N2O. The molecule has 0 amide bonds. The molecule has 1 aromatic heterocycles. The monoisotopic (exact) mass is 250 g/mol. The lowest BCUT2D eigenvalue weighted by atomic mass is 9.87. The van der Waals surface area contributed by atoms with E-state index in [1.807, 2.05) is 24.4 Å². The van der Waals surface area contributed by atoms with Crippen LogP contribution in [0.2, 0.25) is 0 Å². The highest BCUT2D eigenvalue weighted by Gasteiger charge is 2.14. The van der Waals surface area contributed by atoms with Crippen LogP contribution in [0, 0.1) is 5.41 Å². The molecule has 2 N–H and O–H groups in total. The van der Waals surface area contributed by atoms with E-state index in [9.17, 15) is 0 Å². The summed E-state index contributed by atoms with van der Waals surface area (Å²) in [5.74, 6) is 0. The summed E-state index contributed by atoms with van der Waals surface area (Å²) in [4.78, 5) is 4.26. The minimum atomic E-state index is 0.272. The Morgan fingerprint density at radius 2 is 2.06 bits per heavy atom. The summed E-state index contributed by atoms with van der Waals surface area (Å²) >= 11 is 0. The molecule has 1 heterocycles. The second-order valence-electron chi connectivity index (χ2n) is 5.51. The maximum Gasteiger partial charge on any atom is 0.0521 e. The van der Waals surface area contributed by atoms with Gasteiger partial charge in [-0.05, 0) is 36.9 Å². The summed E-state index contributed by atoms with van der Waals surface area (Å²) in [5.41, 5.74) is 7.07. The van der Waals surface area contributed by atoms with E-state index < -0.39 is 0 Å². The first-order chi connectivity index (χ1) is 8.64. The van der Waals surface area contributed by atoms with Crippen molar-refractivity contribution in [2.75, 3.05) is 19.8 Å². The molecule has 0 aliphatic heterocycles. The molecule has 0 aliphatic rings. The number of ether oxygens (including phenoxy) is 1. The molecule has 0 aliphatic carbocycles. The van der Waals surface area contributed by atoms with Crippen LogP contribution in [-0.2, 0) is 11.2 Å². The van der Waals surface area contributed by atoms with Crippen molar-refractivity contribution in [3.8, 4) is 0 Å². The number of hydrogen-bond donors (Lipinski definition) is 1.